The van der Waals surface area contributed by atoms with Crippen LogP contribution in [0.3, 0.4) is 0 Å². The third-order valence-corrected chi connectivity index (χ3v) is 7.05. The van der Waals surface area contributed by atoms with Gasteiger partial charge in [-0.3, -0.25) is 4.90 Å². The number of para-hydroxylation sites is 2. The summed E-state index contributed by atoms with van der Waals surface area (Å²) in [6.07, 6.45) is 2.29. The molecule has 188 valence electrons. The molecule has 2 fully saturated rings. The lowest BCUT2D eigenvalue weighted by atomic mass is 9.79. The van der Waals surface area contributed by atoms with E-state index in [0.717, 1.165) is 44.0 Å². The first kappa shape index (κ1) is 24.4. The van der Waals surface area contributed by atoms with Crippen molar-refractivity contribution in [2.75, 3.05) is 32.8 Å². The first-order valence-electron chi connectivity index (χ1n) is 12.4. The fourth-order valence-corrected chi connectivity index (χ4v) is 5.34. The Morgan fingerprint density at radius 3 is 2.56 bits per heavy atom. The Hall–Kier alpha value is -2.68. The van der Waals surface area contributed by atoms with E-state index in [4.69, 9.17) is 9.47 Å². The third-order valence-electron chi connectivity index (χ3n) is 7.05. The number of likely N-dealkylation sites (tertiary alicyclic amines) is 2. The van der Waals surface area contributed by atoms with Gasteiger partial charge < -0.3 is 30.1 Å². The molecule has 34 heavy (non-hydrogen) atoms. The summed E-state index contributed by atoms with van der Waals surface area (Å²) >= 11 is 0. The van der Waals surface area contributed by atoms with Crippen LogP contribution in [-0.4, -0.2) is 84.0 Å². The van der Waals surface area contributed by atoms with Gasteiger partial charge in [0.05, 0.1) is 0 Å². The van der Waals surface area contributed by atoms with E-state index in [2.05, 4.69) is 15.5 Å². The average molecular weight is 475 g/mol. The van der Waals surface area contributed by atoms with E-state index in [1.165, 1.54) is 4.90 Å². The first-order valence-corrected chi connectivity index (χ1v) is 12.4. The third kappa shape index (κ3) is 6.05. The average Bonchev–Trinajstić information content (AvgIpc) is 2.78. The van der Waals surface area contributed by atoms with Gasteiger partial charge in [-0.1, -0.05) is 32.9 Å². The van der Waals surface area contributed by atoms with Crippen LogP contribution in [0.25, 0.3) is 0 Å². The molecule has 3 heterocycles. The second kappa shape index (κ2) is 10.3. The Morgan fingerprint density at radius 1 is 1.09 bits per heavy atom. The van der Waals surface area contributed by atoms with E-state index in [0.29, 0.717) is 26.0 Å². The highest BCUT2D eigenvalue weighted by atomic mass is 16.6. The van der Waals surface area contributed by atoms with E-state index >= 15 is 0 Å². The minimum Gasteiger partial charge on any atom is -0.486 e. The van der Waals surface area contributed by atoms with Crippen molar-refractivity contribution in [1.29, 1.82) is 0 Å². The van der Waals surface area contributed by atoms with Crippen molar-refractivity contribution in [2.45, 2.75) is 70.7 Å². The Morgan fingerprint density at radius 2 is 1.82 bits per heavy atom. The Balaban J connectivity index is 1.25. The summed E-state index contributed by atoms with van der Waals surface area (Å²) in [5.74, 6) is 1.57. The molecule has 9 nitrogen and oxygen atoms in total. The summed E-state index contributed by atoms with van der Waals surface area (Å²) in [4.78, 5) is 28.3. The number of urea groups is 1. The maximum absolute atomic E-state index is 12.8. The summed E-state index contributed by atoms with van der Waals surface area (Å²) in [6, 6.07) is 7.47. The summed E-state index contributed by atoms with van der Waals surface area (Å²) in [5, 5.41) is 15.8. The molecule has 0 aliphatic carbocycles. The van der Waals surface area contributed by atoms with E-state index in [9.17, 15) is 14.7 Å². The fourth-order valence-electron chi connectivity index (χ4n) is 5.34. The second-order valence-electron chi connectivity index (χ2n) is 10.8. The highest BCUT2D eigenvalue weighted by Gasteiger charge is 2.39. The number of nitrogens with zero attached hydrogens (tertiary/aromatic N) is 2. The molecule has 0 spiro atoms. The smallest absolute Gasteiger partial charge is 0.407 e. The number of carbonyl (C=O) groups excluding carboxylic acids is 1. The van der Waals surface area contributed by atoms with Crippen LogP contribution in [0.2, 0.25) is 0 Å². The highest BCUT2D eigenvalue weighted by molar-refractivity contribution is 5.74. The molecular weight excluding hydrogens is 436 g/mol. The van der Waals surface area contributed by atoms with E-state index in [1.807, 2.05) is 45.0 Å². The fraction of sp³-hybridized carbons (Fsp3) is 0.680. The minimum absolute atomic E-state index is 0.0313. The second-order valence-corrected chi connectivity index (χ2v) is 10.8. The van der Waals surface area contributed by atoms with Crippen molar-refractivity contribution in [3.05, 3.63) is 24.3 Å². The molecule has 3 amide bonds. The number of amides is 3. The van der Waals surface area contributed by atoms with Gasteiger partial charge in [-0.05, 0) is 49.8 Å². The van der Waals surface area contributed by atoms with Gasteiger partial charge in [0.15, 0.2) is 11.5 Å². The maximum atomic E-state index is 12.8. The lowest BCUT2D eigenvalue weighted by Crippen LogP contribution is -2.58. The van der Waals surface area contributed by atoms with Crippen LogP contribution in [0.1, 0.15) is 46.5 Å². The highest BCUT2D eigenvalue weighted by Crippen LogP contribution is 2.33. The molecule has 4 atom stereocenters. The molecule has 3 N–H and O–H groups in total. The lowest BCUT2D eigenvalue weighted by molar-refractivity contribution is 0.0476. The first-order chi connectivity index (χ1) is 16.2. The monoisotopic (exact) mass is 474 g/mol. The predicted molar refractivity (Wildman–Crippen MR) is 128 cm³/mol. The van der Waals surface area contributed by atoms with Gasteiger partial charge in [0.2, 0.25) is 0 Å². The van der Waals surface area contributed by atoms with Crippen molar-refractivity contribution in [3.63, 3.8) is 0 Å². The van der Waals surface area contributed by atoms with Crippen molar-refractivity contribution in [3.8, 4) is 11.5 Å². The number of carbonyl (C=O) groups is 2. The van der Waals surface area contributed by atoms with Crippen LogP contribution in [0.4, 0.5) is 9.59 Å². The van der Waals surface area contributed by atoms with Gasteiger partial charge in [0.1, 0.15) is 12.7 Å². The molecule has 4 rings (SSSR count). The quantitative estimate of drug-likeness (QED) is 0.620. The molecule has 3 aliphatic heterocycles. The van der Waals surface area contributed by atoms with Crippen molar-refractivity contribution in [1.82, 2.24) is 20.4 Å². The summed E-state index contributed by atoms with van der Waals surface area (Å²) in [6.45, 7) is 9.61. The van der Waals surface area contributed by atoms with Crippen molar-refractivity contribution in [2.24, 2.45) is 5.41 Å². The van der Waals surface area contributed by atoms with Crippen molar-refractivity contribution < 1.29 is 24.2 Å². The number of carboxylic acid groups (broad SMARTS) is 1. The largest absolute Gasteiger partial charge is 0.486 e. The number of hydrogen-bond acceptors (Lipinski definition) is 5. The van der Waals surface area contributed by atoms with Crippen LogP contribution >= 0.6 is 0 Å². The van der Waals surface area contributed by atoms with Crippen LogP contribution in [0.15, 0.2) is 24.3 Å². The number of ether oxygens (including phenoxy) is 2. The molecule has 0 saturated carbocycles. The van der Waals surface area contributed by atoms with Gasteiger partial charge in [0, 0.05) is 37.8 Å². The normalized spacial score (nSPS) is 27.7. The Bertz CT molecular complexity index is 873. The van der Waals surface area contributed by atoms with Crippen LogP contribution < -0.4 is 20.1 Å². The number of hydrogen-bond donors (Lipinski definition) is 3. The summed E-state index contributed by atoms with van der Waals surface area (Å²) in [5.41, 5.74) is -0.190. The molecule has 3 aliphatic rings. The summed E-state index contributed by atoms with van der Waals surface area (Å²) < 4.78 is 11.9. The topological polar surface area (TPSA) is 103 Å². The molecule has 2 saturated heterocycles. The molecule has 0 aromatic heterocycles. The Labute approximate surface area is 201 Å². The Kier molecular flexibility index (Phi) is 7.40. The van der Waals surface area contributed by atoms with Gasteiger partial charge in [0.25, 0.3) is 0 Å². The predicted octanol–water partition coefficient (Wildman–Crippen LogP) is 3.15. The molecule has 0 radical (unpaired) electrons. The zero-order chi connectivity index (χ0) is 24.3. The van der Waals surface area contributed by atoms with Gasteiger partial charge in [-0.15, -0.1) is 0 Å². The minimum atomic E-state index is -0.888. The number of piperidine rings is 2. The number of nitrogens with one attached hydrogen (secondary N) is 2. The SMILES string of the molecule is CC(C)(C)C1CC(NC(=O)NC2CCCN(CC3COc4ccccc4O3)C2)CCN1C(=O)O. The number of benzene rings is 1. The molecule has 4 unspecified atom stereocenters. The molecular formula is C25H38N4O5. The number of rotatable bonds is 4. The van der Waals surface area contributed by atoms with E-state index in [1.54, 1.807) is 0 Å². The molecule has 1 aromatic carbocycles. The number of fused-ring (bicyclic) bond motifs is 1. The van der Waals surface area contributed by atoms with Gasteiger partial charge in [-0.25, -0.2) is 9.59 Å². The zero-order valence-electron chi connectivity index (χ0n) is 20.5. The lowest BCUT2D eigenvalue weighted by Gasteiger charge is -2.44. The van der Waals surface area contributed by atoms with Crippen LogP contribution in [0, 0.1) is 5.41 Å². The standard InChI is InChI=1S/C25H38N4O5/c1-25(2,3)22-13-17(10-12-29(22)24(31)32)26-23(30)27-18-7-6-11-28(14-18)15-19-16-33-20-8-4-5-9-21(20)34-19/h4-5,8-9,17-19,22H,6-7,10-16H2,1-3H3,(H,31,32)(H2,26,27,30). The molecule has 1 aromatic rings. The zero-order valence-corrected chi connectivity index (χ0v) is 20.5. The summed E-state index contributed by atoms with van der Waals surface area (Å²) in [7, 11) is 0. The van der Waals surface area contributed by atoms with Crippen LogP contribution in [-0.2, 0) is 0 Å². The molecule has 0 bridgehead atoms. The maximum Gasteiger partial charge on any atom is 0.407 e. The van der Waals surface area contributed by atoms with Crippen molar-refractivity contribution >= 4 is 12.1 Å². The van der Waals surface area contributed by atoms with Gasteiger partial charge in [-0.2, -0.15) is 0 Å². The van der Waals surface area contributed by atoms with E-state index in [-0.39, 0.29) is 35.7 Å². The van der Waals surface area contributed by atoms with E-state index < -0.39 is 6.09 Å². The molecule has 9 heteroatoms. The van der Waals surface area contributed by atoms with Gasteiger partial charge >= 0.3 is 12.1 Å². The van der Waals surface area contributed by atoms with Crippen LogP contribution in [0.5, 0.6) is 11.5 Å².